The zero-order chi connectivity index (χ0) is 14.7. The lowest BCUT2D eigenvalue weighted by atomic mass is 10.1. The second-order valence-corrected chi connectivity index (χ2v) is 5.68. The molecule has 104 valence electrons. The average molecular weight is 286 g/mol. The molecular weight excluding hydrogens is 268 g/mol. The molecule has 1 amide bonds. The minimum atomic E-state index is -0.0684. The van der Waals surface area contributed by atoms with Crippen LogP contribution in [0.5, 0.6) is 0 Å². The van der Waals surface area contributed by atoms with Crippen molar-refractivity contribution in [2.45, 2.75) is 6.92 Å². The first-order valence-corrected chi connectivity index (χ1v) is 7.19. The number of anilines is 1. The van der Waals surface area contributed by atoms with Crippen molar-refractivity contribution in [2.75, 3.05) is 18.8 Å². The molecule has 1 aromatic heterocycles. The number of rotatable bonds is 5. The Bertz CT molecular complexity index is 662. The molecule has 0 fully saturated rings. The van der Waals surface area contributed by atoms with Crippen molar-refractivity contribution in [3.05, 3.63) is 53.9 Å². The summed E-state index contributed by atoms with van der Waals surface area (Å²) >= 11 is 1.44. The molecule has 1 aromatic carbocycles. The van der Waals surface area contributed by atoms with Crippen LogP contribution in [0.3, 0.4) is 0 Å². The Morgan fingerprint density at radius 2 is 2.00 bits per heavy atom. The van der Waals surface area contributed by atoms with Gasteiger partial charge in [0.25, 0.3) is 5.91 Å². The Balaban J connectivity index is 2.45. The van der Waals surface area contributed by atoms with E-state index in [0.717, 1.165) is 15.6 Å². The molecule has 2 rings (SSSR count). The predicted octanol–water partition coefficient (Wildman–Crippen LogP) is 3.61. The number of carbonyl (C=O) groups excluding carboxylic acids is 1. The van der Waals surface area contributed by atoms with Gasteiger partial charge in [0.2, 0.25) is 0 Å². The van der Waals surface area contributed by atoms with Gasteiger partial charge in [-0.25, -0.2) is 0 Å². The van der Waals surface area contributed by atoms with Gasteiger partial charge in [0.05, 0.1) is 5.69 Å². The molecule has 3 nitrogen and oxygen atoms in total. The summed E-state index contributed by atoms with van der Waals surface area (Å²) in [7, 11) is 0. The second kappa shape index (κ2) is 5.92. The number of nitrogens with two attached hydrogens (primary N) is 1. The highest BCUT2D eigenvalue weighted by Crippen LogP contribution is 2.34. The Morgan fingerprint density at radius 3 is 2.60 bits per heavy atom. The molecule has 0 atom stereocenters. The van der Waals surface area contributed by atoms with Crippen LogP contribution in [0.15, 0.2) is 43.5 Å². The molecule has 0 spiro atoms. The van der Waals surface area contributed by atoms with Gasteiger partial charge < -0.3 is 10.6 Å². The third kappa shape index (κ3) is 2.60. The van der Waals surface area contributed by atoms with Crippen LogP contribution >= 0.6 is 11.3 Å². The molecule has 4 heteroatoms. The summed E-state index contributed by atoms with van der Waals surface area (Å²) in [5, 5.41) is 0.954. The summed E-state index contributed by atoms with van der Waals surface area (Å²) in [5.41, 5.74) is 7.85. The van der Waals surface area contributed by atoms with E-state index in [1.807, 2.05) is 25.1 Å². The first-order chi connectivity index (χ1) is 9.58. The number of amides is 1. The second-order valence-electron chi connectivity index (χ2n) is 4.63. The fraction of sp³-hybridized carbons (Fsp3) is 0.188. The maximum absolute atomic E-state index is 12.6. The number of benzene rings is 1. The Kier molecular flexibility index (Phi) is 4.25. The van der Waals surface area contributed by atoms with E-state index < -0.39 is 0 Å². The zero-order valence-corrected chi connectivity index (χ0v) is 12.4. The van der Waals surface area contributed by atoms with Gasteiger partial charge >= 0.3 is 0 Å². The van der Waals surface area contributed by atoms with Gasteiger partial charge in [-0.3, -0.25) is 4.79 Å². The lowest BCUT2D eigenvalue weighted by molar-refractivity contribution is 0.0796. The number of carbonyl (C=O) groups is 1. The molecule has 0 unspecified atom stereocenters. The molecule has 1 heterocycles. The largest absolute Gasteiger partial charge is 0.397 e. The lowest BCUT2D eigenvalue weighted by Gasteiger charge is -2.18. The van der Waals surface area contributed by atoms with Crippen molar-refractivity contribution in [2.24, 2.45) is 0 Å². The predicted molar refractivity (Wildman–Crippen MR) is 87.3 cm³/mol. The van der Waals surface area contributed by atoms with Crippen LogP contribution in [-0.4, -0.2) is 23.9 Å². The molecule has 0 radical (unpaired) electrons. The maximum atomic E-state index is 12.6. The average Bonchev–Trinajstić information content (AvgIpc) is 2.75. The maximum Gasteiger partial charge on any atom is 0.266 e. The van der Waals surface area contributed by atoms with Crippen LogP contribution in [0.1, 0.15) is 15.2 Å². The standard InChI is InChI=1S/C16H18N2OS/c1-4-8-18(9-5-2)16(19)15-14(17)12-10-11(3)6-7-13(12)20-15/h4-7,10H,1-2,8-9,17H2,3H3. The van der Waals surface area contributed by atoms with E-state index in [1.165, 1.54) is 11.3 Å². The van der Waals surface area contributed by atoms with Gasteiger partial charge in [-0.2, -0.15) is 0 Å². The van der Waals surface area contributed by atoms with Crippen LogP contribution in [0.4, 0.5) is 5.69 Å². The Labute approximate surface area is 123 Å². The van der Waals surface area contributed by atoms with Gasteiger partial charge in [0.15, 0.2) is 0 Å². The fourth-order valence-electron chi connectivity index (χ4n) is 2.09. The van der Waals surface area contributed by atoms with Crippen molar-refractivity contribution in [3.8, 4) is 0 Å². The van der Waals surface area contributed by atoms with E-state index in [9.17, 15) is 4.79 Å². The number of nitrogen functional groups attached to an aromatic ring is 1. The van der Waals surface area contributed by atoms with E-state index in [0.29, 0.717) is 23.7 Å². The summed E-state index contributed by atoms with van der Waals surface area (Å²) < 4.78 is 1.04. The molecule has 0 saturated heterocycles. The summed E-state index contributed by atoms with van der Waals surface area (Å²) in [4.78, 5) is 14.8. The third-order valence-electron chi connectivity index (χ3n) is 3.06. The molecule has 0 saturated carbocycles. The lowest BCUT2D eigenvalue weighted by Crippen LogP contribution is -2.31. The smallest absolute Gasteiger partial charge is 0.266 e. The van der Waals surface area contributed by atoms with Crippen LogP contribution in [0, 0.1) is 6.92 Å². The van der Waals surface area contributed by atoms with Crippen molar-refractivity contribution < 1.29 is 4.79 Å². The van der Waals surface area contributed by atoms with Crippen molar-refractivity contribution in [3.63, 3.8) is 0 Å². The normalized spacial score (nSPS) is 10.4. The molecule has 0 bridgehead atoms. The third-order valence-corrected chi connectivity index (χ3v) is 4.24. The molecule has 0 aliphatic heterocycles. The minimum Gasteiger partial charge on any atom is -0.397 e. The monoisotopic (exact) mass is 286 g/mol. The van der Waals surface area contributed by atoms with Crippen molar-refractivity contribution in [1.82, 2.24) is 4.90 Å². The highest BCUT2D eigenvalue weighted by Gasteiger charge is 2.20. The number of hydrogen-bond donors (Lipinski definition) is 1. The number of nitrogens with zero attached hydrogens (tertiary/aromatic N) is 1. The van der Waals surface area contributed by atoms with E-state index in [1.54, 1.807) is 17.1 Å². The highest BCUT2D eigenvalue weighted by atomic mass is 32.1. The molecule has 0 aliphatic rings. The Hall–Kier alpha value is -2.07. The zero-order valence-electron chi connectivity index (χ0n) is 11.6. The van der Waals surface area contributed by atoms with Crippen LogP contribution in [-0.2, 0) is 0 Å². The van der Waals surface area contributed by atoms with Crippen molar-refractivity contribution in [1.29, 1.82) is 0 Å². The van der Waals surface area contributed by atoms with Crippen LogP contribution < -0.4 is 5.73 Å². The van der Waals surface area contributed by atoms with Gasteiger partial charge in [0.1, 0.15) is 4.88 Å². The summed E-state index contributed by atoms with van der Waals surface area (Å²) in [6, 6.07) is 6.05. The molecule has 0 aliphatic carbocycles. The summed E-state index contributed by atoms with van der Waals surface area (Å²) in [6.07, 6.45) is 3.41. The van der Waals surface area contributed by atoms with Crippen molar-refractivity contribution >= 4 is 33.0 Å². The Morgan fingerprint density at radius 1 is 1.35 bits per heavy atom. The van der Waals surface area contributed by atoms with Gasteiger partial charge in [-0.15, -0.1) is 24.5 Å². The number of hydrogen-bond acceptors (Lipinski definition) is 3. The van der Waals surface area contributed by atoms with Gasteiger partial charge in [-0.1, -0.05) is 23.8 Å². The van der Waals surface area contributed by atoms with E-state index in [4.69, 9.17) is 5.73 Å². The molecule has 20 heavy (non-hydrogen) atoms. The highest BCUT2D eigenvalue weighted by molar-refractivity contribution is 7.21. The number of thiophene rings is 1. The minimum absolute atomic E-state index is 0.0684. The number of fused-ring (bicyclic) bond motifs is 1. The first kappa shape index (κ1) is 14.3. The van der Waals surface area contributed by atoms with Gasteiger partial charge in [0, 0.05) is 23.2 Å². The SMILES string of the molecule is C=CCN(CC=C)C(=O)c1sc2ccc(C)cc2c1N. The van der Waals surface area contributed by atoms with E-state index in [-0.39, 0.29) is 5.91 Å². The van der Waals surface area contributed by atoms with Crippen LogP contribution in [0.2, 0.25) is 0 Å². The van der Waals surface area contributed by atoms with Gasteiger partial charge in [-0.05, 0) is 19.1 Å². The fourth-order valence-corrected chi connectivity index (χ4v) is 3.16. The molecule has 2 N–H and O–H groups in total. The molecular formula is C16H18N2OS. The van der Waals surface area contributed by atoms with E-state index >= 15 is 0 Å². The first-order valence-electron chi connectivity index (χ1n) is 6.38. The summed E-state index contributed by atoms with van der Waals surface area (Å²) in [5.74, 6) is -0.0684. The number of aryl methyl sites for hydroxylation is 1. The topological polar surface area (TPSA) is 46.3 Å². The van der Waals surface area contributed by atoms with E-state index in [2.05, 4.69) is 13.2 Å². The summed E-state index contributed by atoms with van der Waals surface area (Å²) in [6.45, 7) is 10.3. The molecule has 2 aromatic rings. The van der Waals surface area contributed by atoms with Crippen LogP contribution in [0.25, 0.3) is 10.1 Å². The quantitative estimate of drug-likeness (QED) is 0.854.